The number of rotatable bonds is 5. The van der Waals surface area contributed by atoms with E-state index in [1.807, 2.05) is 49.4 Å². The van der Waals surface area contributed by atoms with Crippen LogP contribution in [0.2, 0.25) is 5.02 Å². The van der Waals surface area contributed by atoms with Crippen molar-refractivity contribution in [3.05, 3.63) is 82.6 Å². The summed E-state index contributed by atoms with van der Waals surface area (Å²) in [6.45, 7) is 1.40. The lowest BCUT2D eigenvalue weighted by Crippen LogP contribution is -2.31. The van der Waals surface area contributed by atoms with Crippen LogP contribution in [0.15, 0.2) is 60.7 Å². The minimum absolute atomic E-state index is 0.00738. The number of nitrogens with one attached hydrogen (secondary N) is 1. The van der Waals surface area contributed by atoms with Crippen LogP contribution in [-0.4, -0.2) is 18.5 Å². The molecule has 0 saturated heterocycles. The van der Waals surface area contributed by atoms with Crippen LogP contribution in [0.3, 0.4) is 0 Å². The zero-order chi connectivity index (χ0) is 19.4. The molecule has 0 radical (unpaired) electrons. The third-order valence-electron chi connectivity index (χ3n) is 4.15. The van der Waals surface area contributed by atoms with Gasteiger partial charge in [-0.3, -0.25) is 4.79 Å². The smallest absolute Gasteiger partial charge is 0.340 e. The van der Waals surface area contributed by atoms with Crippen molar-refractivity contribution in [1.82, 2.24) is 5.32 Å². The van der Waals surface area contributed by atoms with Crippen LogP contribution >= 0.6 is 11.6 Å². The van der Waals surface area contributed by atoms with Gasteiger partial charge in [-0.1, -0.05) is 54.1 Å². The van der Waals surface area contributed by atoms with Crippen molar-refractivity contribution in [2.75, 3.05) is 6.61 Å². The van der Waals surface area contributed by atoms with Crippen LogP contribution in [0.5, 0.6) is 0 Å². The Balaban J connectivity index is 1.62. The Morgan fingerprint density at radius 1 is 1.11 bits per heavy atom. The van der Waals surface area contributed by atoms with E-state index in [1.54, 1.807) is 0 Å². The maximum absolute atomic E-state index is 13.0. The highest BCUT2D eigenvalue weighted by Crippen LogP contribution is 2.24. The van der Waals surface area contributed by atoms with Gasteiger partial charge in [0.05, 0.1) is 16.6 Å². The lowest BCUT2D eigenvalue weighted by Gasteiger charge is -2.16. The van der Waals surface area contributed by atoms with Gasteiger partial charge in [0.1, 0.15) is 5.82 Å². The molecular weight excluding hydrogens is 369 g/mol. The van der Waals surface area contributed by atoms with Crippen LogP contribution in [0, 0.1) is 5.82 Å². The second kappa shape index (κ2) is 8.18. The van der Waals surface area contributed by atoms with Gasteiger partial charge >= 0.3 is 5.97 Å². The van der Waals surface area contributed by atoms with Crippen LogP contribution in [0.1, 0.15) is 28.9 Å². The number of ether oxygens (including phenoxy) is 1. The Morgan fingerprint density at radius 3 is 2.63 bits per heavy atom. The highest BCUT2D eigenvalue weighted by atomic mass is 35.5. The Labute approximate surface area is 160 Å². The topological polar surface area (TPSA) is 55.4 Å². The number of esters is 1. The largest absolute Gasteiger partial charge is 0.452 e. The molecule has 0 spiro atoms. The van der Waals surface area contributed by atoms with Crippen LogP contribution < -0.4 is 5.32 Å². The number of halogens is 2. The molecule has 1 amide bonds. The van der Waals surface area contributed by atoms with E-state index < -0.39 is 24.3 Å². The van der Waals surface area contributed by atoms with E-state index in [-0.39, 0.29) is 16.6 Å². The van der Waals surface area contributed by atoms with Gasteiger partial charge in [0, 0.05) is 0 Å². The molecule has 0 aliphatic rings. The number of benzene rings is 3. The van der Waals surface area contributed by atoms with Gasteiger partial charge < -0.3 is 10.1 Å². The van der Waals surface area contributed by atoms with Gasteiger partial charge in [-0.2, -0.15) is 0 Å². The van der Waals surface area contributed by atoms with E-state index in [0.29, 0.717) is 0 Å². The molecule has 6 heteroatoms. The first-order valence-electron chi connectivity index (χ1n) is 8.35. The quantitative estimate of drug-likeness (QED) is 0.649. The molecule has 0 aliphatic heterocycles. The Hall–Kier alpha value is -2.92. The standard InChI is InChI=1S/C21H17ClFNO3/c1-13(16-8-4-6-14-5-2-3-7-17(14)16)24-20(25)12-27-21(26)18-10-9-15(23)11-19(18)22/h2-11,13H,12H2,1H3,(H,24,25)/t13-/m1/s1. The summed E-state index contributed by atoms with van der Waals surface area (Å²) in [4.78, 5) is 24.2. The normalized spacial score (nSPS) is 11.8. The second-order valence-corrected chi connectivity index (χ2v) is 6.47. The second-order valence-electron chi connectivity index (χ2n) is 6.06. The van der Waals surface area contributed by atoms with Gasteiger partial charge in [0.2, 0.25) is 0 Å². The summed E-state index contributed by atoms with van der Waals surface area (Å²) >= 11 is 5.82. The number of carbonyl (C=O) groups excluding carboxylic acids is 2. The van der Waals surface area contributed by atoms with Crippen LogP contribution in [-0.2, 0) is 9.53 Å². The zero-order valence-corrected chi connectivity index (χ0v) is 15.3. The highest BCUT2D eigenvalue weighted by molar-refractivity contribution is 6.33. The van der Waals surface area contributed by atoms with E-state index in [4.69, 9.17) is 16.3 Å². The molecule has 0 unspecified atom stereocenters. The highest BCUT2D eigenvalue weighted by Gasteiger charge is 2.16. The van der Waals surface area contributed by atoms with E-state index in [2.05, 4.69) is 5.32 Å². The Bertz CT molecular complexity index is 1000. The van der Waals surface area contributed by atoms with Crippen LogP contribution in [0.4, 0.5) is 4.39 Å². The molecule has 0 aromatic heterocycles. The molecule has 3 aromatic carbocycles. The van der Waals surface area contributed by atoms with Crippen molar-refractivity contribution in [2.45, 2.75) is 13.0 Å². The van der Waals surface area contributed by atoms with E-state index >= 15 is 0 Å². The molecule has 0 saturated carbocycles. The van der Waals surface area contributed by atoms with E-state index in [1.165, 1.54) is 6.07 Å². The Kier molecular flexibility index (Phi) is 5.72. The monoisotopic (exact) mass is 385 g/mol. The molecule has 3 aromatic rings. The molecule has 4 nitrogen and oxygen atoms in total. The third kappa shape index (κ3) is 4.44. The molecular formula is C21H17ClFNO3. The number of carbonyl (C=O) groups is 2. The van der Waals surface area contributed by atoms with Crippen molar-refractivity contribution in [1.29, 1.82) is 0 Å². The first-order valence-corrected chi connectivity index (χ1v) is 8.72. The molecule has 1 atom stereocenters. The summed E-state index contributed by atoms with van der Waals surface area (Å²) in [5.41, 5.74) is 0.974. The van der Waals surface area contributed by atoms with Crippen molar-refractivity contribution in [2.24, 2.45) is 0 Å². The van der Waals surface area contributed by atoms with E-state index in [9.17, 15) is 14.0 Å². The zero-order valence-electron chi connectivity index (χ0n) is 14.5. The minimum atomic E-state index is -0.784. The Morgan fingerprint density at radius 2 is 1.85 bits per heavy atom. The van der Waals surface area contributed by atoms with Gasteiger partial charge in [0.15, 0.2) is 6.61 Å². The fourth-order valence-corrected chi connectivity index (χ4v) is 3.10. The van der Waals surface area contributed by atoms with Crippen molar-refractivity contribution < 1.29 is 18.7 Å². The third-order valence-corrected chi connectivity index (χ3v) is 4.47. The summed E-state index contributed by atoms with van der Waals surface area (Å²) < 4.78 is 18.0. The lowest BCUT2D eigenvalue weighted by molar-refractivity contribution is -0.124. The van der Waals surface area contributed by atoms with Gasteiger partial charge in [-0.25, -0.2) is 9.18 Å². The van der Waals surface area contributed by atoms with Gasteiger partial charge in [0.25, 0.3) is 5.91 Å². The SMILES string of the molecule is C[C@@H](NC(=O)COC(=O)c1ccc(F)cc1Cl)c1cccc2ccccc12. The lowest BCUT2D eigenvalue weighted by atomic mass is 10.00. The maximum atomic E-state index is 13.0. The number of hydrogen-bond acceptors (Lipinski definition) is 3. The van der Waals surface area contributed by atoms with Crippen molar-refractivity contribution in [3.63, 3.8) is 0 Å². The summed E-state index contributed by atoms with van der Waals surface area (Å²) in [5, 5.41) is 4.87. The molecule has 138 valence electrons. The molecule has 3 rings (SSSR count). The molecule has 0 fully saturated rings. The van der Waals surface area contributed by atoms with Crippen molar-refractivity contribution >= 4 is 34.2 Å². The van der Waals surface area contributed by atoms with Gasteiger partial charge in [-0.15, -0.1) is 0 Å². The average Bonchev–Trinajstić information content (AvgIpc) is 2.65. The molecule has 27 heavy (non-hydrogen) atoms. The van der Waals surface area contributed by atoms with Crippen molar-refractivity contribution in [3.8, 4) is 0 Å². The first-order chi connectivity index (χ1) is 13.0. The van der Waals surface area contributed by atoms with Crippen LogP contribution in [0.25, 0.3) is 10.8 Å². The molecule has 0 bridgehead atoms. The first kappa shape index (κ1) is 18.9. The molecule has 0 aliphatic carbocycles. The predicted molar refractivity (Wildman–Crippen MR) is 102 cm³/mol. The number of amides is 1. The molecule has 0 heterocycles. The fourth-order valence-electron chi connectivity index (χ4n) is 2.85. The van der Waals surface area contributed by atoms with Gasteiger partial charge in [-0.05, 0) is 41.5 Å². The summed E-state index contributed by atoms with van der Waals surface area (Å²) in [6, 6.07) is 16.8. The predicted octanol–water partition coefficient (Wildman–Crippen LogP) is 4.67. The summed E-state index contributed by atoms with van der Waals surface area (Å²) in [6.07, 6.45) is 0. The van der Waals surface area contributed by atoms with E-state index in [0.717, 1.165) is 28.5 Å². The summed E-state index contributed by atoms with van der Waals surface area (Å²) in [5.74, 6) is -1.78. The number of hydrogen-bond donors (Lipinski definition) is 1. The summed E-state index contributed by atoms with van der Waals surface area (Å²) in [7, 11) is 0. The fraction of sp³-hybridized carbons (Fsp3) is 0.143. The maximum Gasteiger partial charge on any atom is 0.340 e. The minimum Gasteiger partial charge on any atom is -0.452 e. The molecule has 1 N–H and O–H groups in total. The average molecular weight is 386 g/mol. The number of fused-ring (bicyclic) bond motifs is 1.